The summed E-state index contributed by atoms with van der Waals surface area (Å²) in [5.41, 5.74) is 5.33. The first-order chi connectivity index (χ1) is 12.8. The minimum absolute atomic E-state index is 0.231. The molecule has 0 saturated heterocycles. The second kappa shape index (κ2) is 11.7. The Labute approximate surface area is 162 Å². The van der Waals surface area contributed by atoms with Crippen molar-refractivity contribution in [3.05, 3.63) is 0 Å². The summed E-state index contributed by atoms with van der Waals surface area (Å²) in [5, 5.41) is 21.7. The maximum Gasteiger partial charge on any atom is 0.362 e. The molecule has 0 aromatic carbocycles. The lowest BCUT2D eigenvalue weighted by molar-refractivity contribution is -0.139. The number of carbonyl (C=O) groups excluding carboxylic acids is 2. The Bertz CT molecular complexity index is 610. The van der Waals surface area contributed by atoms with Crippen LogP contribution < -0.4 is 16.4 Å². The summed E-state index contributed by atoms with van der Waals surface area (Å²) in [6.45, 7) is 5.37. The van der Waals surface area contributed by atoms with Crippen LogP contribution >= 0.6 is 7.60 Å². The molecule has 0 radical (unpaired) electrons. The minimum Gasteiger partial charge on any atom is -0.480 e. The van der Waals surface area contributed by atoms with E-state index in [-0.39, 0.29) is 12.8 Å². The number of nitrogens with one attached hydrogen (secondary N) is 2. The fraction of sp³-hybridized carbons (Fsp3) is 0.733. The number of amides is 2. The largest absolute Gasteiger partial charge is 0.480 e. The van der Waals surface area contributed by atoms with E-state index in [1.165, 1.54) is 27.7 Å². The molecule has 0 bridgehead atoms. The second-order valence-electron chi connectivity index (χ2n) is 6.41. The normalized spacial score (nSPS) is 13.8. The predicted octanol–water partition coefficient (Wildman–Crippen LogP) is -0.135. The van der Waals surface area contributed by atoms with Crippen LogP contribution in [-0.2, 0) is 32.8 Å². The zero-order valence-electron chi connectivity index (χ0n) is 16.2. The standard InChI is InChI=1S/C15H28N3O9P/c1-8(2)26-28(25,27-9(3)4)14(13(22)17-7-12(20)21)18-11(19)6-5-10(16)15(23)24/h8-10,14H,5-7,16H2,1-4H3,(H,17,22)(H,18,19)(H,20,21)(H,23,24)/t10-,14?/m0/s1. The highest BCUT2D eigenvalue weighted by atomic mass is 31.2. The average molecular weight is 425 g/mol. The highest BCUT2D eigenvalue weighted by molar-refractivity contribution is 7.55. The molecule has 0 fully saturated rings. The molecule has 12 nitrogen and oxygen atoms in total. The van der Waals surface area contributed by atoms with Crippen LogP contribution in [0.5, 0.6) is 0 Å². The number of aliphatic carboxylic acids is 2. The van der Waals surface area contributed by atoms with Gasteiger partial charge in [0.25, 0.3) is 5.91 Å². The summed E-state index contributed by atoms with van der Waals surface area (Å²) >= 11 is 0. The Morgan fingerprint density at radius 2 is 1.54 bits per heavy atom. The topological polar surface area (TPSA) is 194 Å². The zero-order valence-corrected chi connectivity index (χ0v) is 17.1. The van der Waals surface area contributed by atoms with E-state index in [0.717, 1.165) is 0 Å². The molecule has 13 heteroatoms. The summed E-state index contributed by atoms with van der Waals surface area (Å²) < 4.78 is 23.8. The summed E-state index contributed by atoms with van der Waals surface area (Å²) in [6.07, 6.45) is -1.89. The molecule has 2 atom stereocenters. The van der Waals surface area contributed by atoms with Gasteiger partial charge >= 0.3 is 19.5 Å². The summed E-state index contributed by atoms with van der Waals surface area (Å²) in [5.74, 6) is -6.39. The lowest BCUT2D eigenvalue weighted by atomic mass is 10.1. The molecular formula is C15H28N3O9P. The van der Waals surface area contributed by atoms with Gasteiger partial charge in [0.15, 0.2) is 0 Å². The summed E-state index contributed by atoms with van der Waals surface area (Å²) in [6, 6.07) is -1.30. The van der Waals surface area contributed by atoms with E-state index in [0.29, 0.717) is 0 Å². The van der Waals surface area contributed by atoms with Gasteiger partial charge in [-0.1, -0.05) is 0 Å². The molecule has 0 heterocycles. The first-order valence-electron chi connectivity index (χ1n) is 8.52. The van der Waals surface area contributed by atoms with E-state index in [2.05, 4.69) is 5.32 Å². The molecule has 28 heavy (non-hydrogen) atoms. The second-order valence-corrected chi connectivity index (χ2v) is 8.43. The Morgan fingerprint density at radius 1 is 1.04 bits per heavy atom. The van der Waals surface area contributed by atoms with Gasteiger partial charge in [0.05, 0.1) is 12.2 Å². The molecule has 0 aliphatic rings. The van der Waals surface area contributed by atoms with Crippen LogP contribution in [0.15, 0.2) is 0 Å². The monoisotopic (exact) mass is 425 g/mol. The van der Waals surface area contributed by atoms with Crippen molar-refractivity contribution in [3.8, 4) is 0 Å². The van der Waals surface area contributed by atoms with Crippen LogP contribution in [0.4, 0.5) is 0 Å². The Morgan fingerprint density at radius 3 is 1.93 bits per heavy atom. The number of carboxylic acids is 2. The lowest BCUT2D eigenvalue weighted by Crippen LogP contribution is -2.49. The summed E-state index contributed by atoms with van der Waals surface area (Å²) in [4.78, 5) is 46.0. The smallest absolute Gasteiger partial charge is 0.362 e. The van der Waals surface area contributed by atoms with E-state index in [1.807, 2.05) is 5.32 Å². The van der Waals surface area contributed by atoms with Crippen molar-refractivity contribution in [2.45, 2.75) is 64.6 Å². The van der Waals surface area contributed by atoms with Gasteiger partial charge in [0.2, 0.25) is 11.7 Å². The molecule has 162 valence electrons. The Kier molecular flexibility index (Phi) is 10.9. The van der Waals surface area contributed by atoms with Gasteiger partial charge in [-0.15, -0.1) is 0 Å². The fourth-order valence-corrected chi connectivity index (χ4v) is 4.07. The zero-order chi connectivity index (χ0) is 22.1. The van der Waals surface area contributed by atoms with Crippen LogP contribution in [-0.4, -0.2) is 64.5 Å². The van der Waals surface area contributed by atoms with E-state index < -0.39 is 61.9 Å². The summed E-state index contributed by atoms with van der Waals surface area (Å²) in [7, 11) is -4.26. The molecule has 0 rings (SSSR count). The molecular weight excluding hydrogens is 397 g/mol. The highest BCUT2D eigenvalue weighted by Gasteiger charge is 2.44. The molecule has 0 aromatic rings. The number of hydrogen-bond acceptors (Lipinski definition) is 8. The third-order valence-corrected chi connectivity index (χ3v) is 5.42. The molecule has 0 spiro atoms. The van der Waals surface area contributed by atoms with Gasteiger partial charge < -0.3 is 35.6 Å². The Balaban J connectivity index is 5.55. The van der Waals surface area contributed by atoms with Crippen molar-refractivity contribution < 1.29 is 43.0 Å². The maximum absolute atomic E-state index is 13.2. The van der Waals surface area contributed by atoms with Gasteiger partial charge in [-0.2, -0.15) is 0 Å². The van der Waals surface area contributed by atoms with Crippen LogP contribution in [0.1, 0.15) is 40.5 Å². The van der Waals surface area contributed by atoms with Crippen molar-refractivity contribution in [2.24, 2.45) is 5.73 Å². The number of carbonyl (C=O) groups is 4. The van der Waals surface area contributed by atoms with Gasteiger partial charge in [-0.05, 0) is 34.1 Å². The van der Waals surface area contributed by atoms with Crippen LogP contribution in [0, 0.1) is 0 Å². The quantitative estimate of drug-likeness (QED) is 0.248. The predicted molar refractivity (Wildman–Crippen MR) is 97.5 cm³/mol. The molecule has 6 N–H and O–H groups in total. The minimum atomic E-state index is -4.26. The van der Waals surface area contributed by atoms with E-state index in [9.17, 15) is 23.7 Å². The van der Waals surface area contributed by atoms with E-state index in [4.69, 9.17) is 25.0 Å². The first-order valence-corrected chi connectivity index (χ1v) is 10.1. The third kappa shape index (κ3) is 9.79. The molecule has 2 amide bonds. The van der Waals surface area contributed by atoms with Crippen molar-refractivity contribution >= 4 is 31.3 Å². The number of hydrogen-bond donors (Lipinski definition) is 5. The third-order valence-electron chi connectivity index (χ3n) is 2.99. The van der Waals surface area contributed by atoms with Gasteiger partial charge in [0.1, 0.15) is 12.6 Å². The molecule has 1 unspecified atom stereocenters. The van der Waals surface area contributed by atoms with Gasteiger partial charge in [-0.25, -0.2) is 0 Å². The first kappa shape index (κ1) is 26.0. The molecule has 0 aromatic heterocycles. The molecule has 0 saturated carbocycles. The van der Waals surface area contributed by atoms with Gasteiger partial charge in [0, 0.05) is 6.42 Å². The highest BCUT2D eigenvalue weighted by Crippen LogP contribution is 2.54. The SMILES string of the molecule is CC(C)OP(=O)(OC(C)C)C(NC(=O)CC[C@H](N)C(=O)O)C(=O)NCC(=O)O. The van der Waals surface area contributed by atoms with E-state index >= 15 is 0 Å². The van der Waals surface area contributed by atoms with Crippen LogP contribution in [0.25, 0.3) is 0 Å². The van der Waals surface area contributed by atoms with Crippen molar-refractivity contribution in [1.29, 1.82) is 0 Å². The van der Waals surface area contributed by atoms with Crippen LogP contribution in [0.3, 0.4) is 0 Å². The van der Waals surface area contributed by atoms with Crippen molar-refractivity contribution in [3.63, 3.8) is 0 Å². The fourth-order valence-electron chi connectivity index (χ4n) is 1.92. The number of rotatable bonds is 13. The van der Waals surface area contributed by atoms with E-state index in [1.54, 1.807) is 0 Å². The Hall–Kier alpha value is -2.01. The van der Waals surface area contributed by atoms with Crippen LogP contribution in [0.2, 0.25) is 0 Å². The van der Waals surface area contributed by atoms with Gasteiger partial charge in [-0.3, -0.25) is 23.7 Å². The number of carboxylic acid groups (broad SMARTS) is 2. The van der Waals surface area contributed by atoms with Crippen molar-refractivity contribution in [1.82, 2.24) is 10.6 Å². The number of nitrogens with two attached hydrogens (primary N) is 1. The molecule has 0 aliphatic heterocycles. The average Bonchev–Trinajstić information content (AvgIpc) is 2.53. The van der Waals surface area contributed by atoms with Crippen molar-refractivity contribution in [2.75, 3.05) is 6.54 Å². The lowest BCUT2D eigenvalue weighted by Gasteiger charge is -2.29. The maximum atomic E-state index is 13.2. The molecule has 0 aliphatic carbocycles.